The molecular weight excluding hydrogens is 809 g/mol. The molecule has 12 heteroatoms. The van der Waals surface area contributed by atoms with Crippen molar-refractivity contribution >= 4 is 23.8 Å². The van der Waals surface area contributed by atoms with Crippen LogP contribution in [0.1, 0.15) is 113 Å². The number of imide groups is 1. The maximum absolute atomic E-state index is 14.0. The Kier molecular flexibility index (Phi) is 14.0. The van der Waals surface area contributed by atoms with Gasteiger partial charge in [-0.1, -0.05) is 123 Å². The van der Waals surface area contributed by atoms with Crippen LogP contribution in [-0.4, -0.2) is 75.0 Å². The molecule has 4 aromatic carbocycles. The van der Waals surface area contributed by atoms with Crippen LogP contribution in [0.3, 0.4) is 0 Å². The Hall–Kier alpha value is -5.40. The fourth-order valence-corrected chi connectivity index (χ4v) is 10.1. The van der Waals surface area contributed by atoms with Crippen LogP contribution in [0.15, 0.2) is 103 Å². The van der Waals surface area contributed by atoms with Gasteiger partial charge >= 0.3 is 6.09 Å². The first kappa shape index (κ1) is 45.2. The Morgan fingerprint density at radius 2 is 1.52 bits per heavy atom. The second kappa shape index (κ2) is 19.8. The number of fused-ring (bicyclic) bond motifs is 1. The van der Waals surface area contributed by atoms with Gasteiger partial charge in [-0.05, 0) is 85.8 Å². The van der Waals surface area contributed by atoms with Crippen molar-refractivity contribution in [3.63, 3.8) is 0 Å². The number of ether oxygens (including phenoxy) is 3. The molecule has 8 atom stereocenters. The van der Waals surface area contributed by atoms with Gasteiger partial charge in [0.2, 0.25) is 11.8 Å². The first-order valence-electron chi connectivity index (χ1n) is 22.9. The first-order chi connectivity index (χ1) is 30.8. The molecule has 0 aromatic heterocycles. The first-order valence-corrected chi connectivity index (χ1v) is 22.9. The summed E-state index contributed by atoms with van der Waals surface area (Å²) in [6.07, 6.45) is 4.34. The standard InChI is InChI=1S/C52H62N4O8/c1-33-45(30-55-43-17-11-9-14-37(43)26-27-44(55)48(59)54-52(2,3)4)63-50(64-47(33)38-20-18-34(31-57)19-21-38)39-24-22-36(23-25-39)41-16-10-8-15-40(41)29-56-46(58)28-42(49(56)60)53-51(61)62-32-35-12-6-5-7-13-35/h5-8,10,12-13,15-16,18-25,33,37,42-45,47,50,57H,9,11,14,17,26-32H2,1-4H3,(H,53,61)(H,54,59)/t33-,37-,42?,43-,44-,45+,47+,50+/m1/s1. The highest BCUT2D eigenvalue weighted by Gasteiger charge is 2.46. The Bertz CT molecular complexity index is 2260. The quantitative estimate of drug-likeness (QED) is 0.120. The van der Waals surface area contributed by atoms with Crippen LogP contribution in [0.4, 0.5) is 4.79 Å². The van der Waals surface area contributed by atoms with Gasteiger partial charge in [-0.2, -0.15) is 0 Å². The van der Waals surface area contributed by atoms with Crippen LogP contribution in [-0.2, 0) is 48.4 Å². The maximum atomic E-state index is 14.0. The molecule has 4 amide bonds. The molecule has 3 aliphatic heterocycles. The van der Waals surface area contributed by atoms with Gasteiger partial charge in [0.25, 0.3) is 5.91 Å². The number of hydrogen-bond donors (Lipinski definition) is 3. The molecule has 338 valence electrons. The van der Waals surface area contributed by atoms with E-state index in [0.717, 1.165) is 64.6 Å². The van der Waals surface area contributed by atoms with Gasteiger partial charge in [-0.3, -0.25) is 24.2 Å². The van der Waals surface area contributed by atoms with E-state index in [-0.39, 0.29) is 67.7 Å². The lowest BCUT2D eigenvalue weighted by atomic mass is 9.75. The average molecular weight is 871 g/mol. The molecule has 0 spiro atoms. The van der Waals surface area contributed by atoms with Gasteiger partial charge in [-0.25, -0.2) is 4.79 Å². The number of aliphatic hydroxyl groups is 1. The molecule has 4 aliphatic rings. The van der Waals surface area contributed by atoms with Crippen LogP contribution >= 0.6 is 0 Å². The minimum atomic E-state index is -1.01. The summed E-state index contributed by atoms with van der Waals surface area (Å²) in [6.45, 7) is 8.91. The highest BCUT2D eigenvalue weighted by atomic mass is 16.7. The predicted molar refractivity (Wildman–Crippen MR) is 242 cm³/mol. The van der Waals surface area contributed by atoms with Crippen molar-refractivity contribution in [2.75, 3.05) is 6.54 Å². The van der Waals surface area contributed by atoms with Gasteiger partial charge in [0, 0.05) is 29.6 Å². The third-order valence-electron chi connectivity index (χ3n) is 13.4. The molecule has 4 aromatic rings. The highest BCUT2D eigenvalue weighted by molar-refractivity contribution is 6.06. The number of aliphatic hydroxyl groups excluding tert-OH is 1. The maximum Gasteiger partial charge on any atom is 0.408 e. The number of amides is 4. The molecular formula is C52H62N4O8. The SMILES string of the molecule is C[C@@H]1[C@H](CN2[C@@H](C(=O)NC(C)(C)C)CC[C@H]3CCCC[C@H]32)O[C@H](c2ccc(-c3ccccc3CN3C(=O)CC(NC(=O)OCc4ccccc4)C3=O)cc2)O[C@@H]1c1ccc(CO)cc1. The van der Waals surface area contributed by atoms with Crippen molar-refractivity contribution in [2.45, 2.75) is 135 Å². The Labute approximate surface area is 376 Å². The number of alkyl carbamates (subject to hydrolysis) is 1. The number of nitrogens with one attached hydrogen (secondary N) is 2. The smallest absolute Gasteiger partial charge is 0.408 e. The number of hydrogen-bond acceptors (Lipinski definition) is 9. The molecule has 3 N–H and O–H groups in total. The zero-order chi connectivity index (χ0) is 45.0. The van der Waals surface area contributed by atoms with Gasteiger partial charge in [0.15, 0.2) is 6.29 Å². The van der Waals surface area contributed by atoms with E-state index in [2.05, 4.69) is 22.5 Å². The molecule has 0 bridgehead atoms. The van der Waals surface area contributed by atoms with E-state index >= 15 is 0 Å². The van der Waals surface area contributed by atoms with E-state index in [9.17, 15) is 24.3 Å². The summed E-state index contributed by atoms with van der Waals surface area (Å²) in [6, 6.07) is 31.9. The number of nitrogens with zero attached hydrogens (tertiary/aromatic N) is 2. The Morgan fingerprint density at radius 3 is 2.25 bits per heavy atom. The van der Waals surface area contributed by atoms with E-state index in [1.54, 1.807) is 0 Å². The van der Waals surface area contributed by atoms with E-state index in [0.29, 0.717) is 18.5 Å². The zero-order valence-corrected chi connectivity index (χ0v) is 37.4. The largest absolute Gasteiger partial charge is 0.445 e. The van der Waals surface area contributed by atoms with Crippen molar-refractivity contribution in [1.29, 1.82) is 0 Å². The molecule has 3 heterocycles. The summed E-state index contributed by atoms with van der Waals surface area (Å²) in [5.41, 5.74) is 5.65. The predicted octanol–water partition coefficient (Wildman–Crippen LogP) is 8.13. The summed E-state index contributed by atoms with van der Waals surface area (Å²) in [5, 5.41) is 15.7. The summed E-state index contributed by atoms with van der Waals surface area (Å²) in [4.78, 5) is 56.9. The molecule has 12 nitrogen and oxygen atoms in total. The number of benzene rings is 4. The number of carbonyl (C=O) groups is 4. The monoisotopic (exact) mass is 870 g/mol. The normalized spacial score (nSPS) is 26.3. The summed E-state index contributed by atoms with van der Waals surface area (Å²) in [7, 11) is 0. The van der Waals surface area contributed by atoms with Crippen molar-refractivity contribution in [1.82, 2.24) is 20.4 Å². The molecule has 1 aliphatic carbocycles. The van der Waals surface area contributed by atoms with Crippen molar-refractivity contribution in [2.24, 2.45) is 11.8 Å². The molecule has 8 rings (SSSR count). The fraction of sp³-hybridized carbons (Fsp3) is 0.462. The van der Waals surface area contributed by atoms with Crippen LogP contribution in [0.5, 0.6) is 0 Å². The van der Waals surface area contributed by atoms with Gasteiger partial charge in [0.05, 0.1) is 37.8 Å². The molecule has 1 unspecified atom stereocenters. The molecule has 1 saturated carbocycles. The zero-order valence-electron chi connectivity index (χ0n) is 37.4. The lowest BCUT2D eigenvalue weighted by Gasteiger charge is -2.51. The number of likely N-dealkylation sites (tertiary alicyclic amines) is 2. The Morgan fingerprint density at radius 1 is 0.812 bits per heavy atom. The van der Waals surface area contributed by atoms with Gasteiger partial charge in [0.1, 0.15) is 12.6 Å². The molecule has 4 fully saturated rings. The lowest BCUT2D eigenvalue weighted by molar-refractivity contribution is -0.278. The minimum Gasteiger partial charge on any atom is -0.445 e. The summed E-state index contributed by atoms with van der Waals surface area (Å²) >= 11 is 0. The Balaban J connectivity index is 1.01. The van der Waals surface area contributed by atoms with E-state index in [1.807, 2.05) is 124 Å². The van der Waals surface area contributed by atoms with E-state index in [1.165, 1.54) is 17.7 Å². The van der Waals surface area contributed by atoms with Crippen LogP contribution < -0.4 is 10.6 Å². The fourth-order valence-electron chi connectivity index (χ4n) is 10.1. The second-order valence-corrected chi connectivity index (χ2v) is 19.0. The minimum absolute atomic E-state index is 0.0465. The van der Waals surface area contributed by atoms with E-state index < -0.39 is 24.3 Å². The van der Waals surface area contributed by atoms with Crippen LogP contribution in [0.2, 0.25) is 0 Å². The van der Waals surface area contributed by atoms with Crippen molar-refractivity contribution < 1.29 is 38.5 Å². The van der Waals surface area contributed by atoms with E-state index in [4.69, 9.17) is 14.2 Å². The molecule has 3 saturated heterocycles. The van der Waals surface area contributed by atoms with Crippen molar-refractivity contribution in [3.8, 4) is 11.1 Å². The van der Waals surface area contributed by atoms with Gasteiger partial charge in [-0.15, -0.1) is 0 Å². The third kappa shape index (κ3) is 10.4. The van der Waals surface area contributed by atoms with Gasteiger partial charge < -0.3 is 30.0 Å². The van der Waals surface area contributed by atoms with Crippen LogP contribution in [0.25, 0.3) is 11.1 Å². The third-order valence-corrected chi connectivity index (χ3v) is 13.4. The topological polar surface area (TPSA) is 147 Å². The number of piperidine rings is 1. The number of carbonyl (C=O) groups excluding carboxylic acids is 4. The van der Waals surface area contributed by atoms with Crippen LogP contribution in [0, 0.1) is 11.8 Å². The summed E-state index contributed by atoms with van der Waals surface area (Å²) in [5.74, 6) is -0.265. The average Bonchev–Trinajstić information content (AvgIpc) is 3.56. The number of rotatable bonds is 12. The molecule has 0 radical (unpaired) electrons. The molecule has 64 heavy (non-hydrogen) atoms. The summed E-state index contributed by atoms with van der Waals surface area (Å²) < 4.78 is 19.2. The second-order valence-electron chi connectivity index (χ2n) is 19.0. The highest BCUT2D eigenvalue weighted by Crippen LogP contribution is 2.45. The lowest BCUT2D eigenvalue weighted by Crippen LogP contribution is -2.61. The van der Waals surface area contributed by atoms with Crippen molar-refractivity contribution in [3.05, 3.63) is 131 Å².